The Labute approximate surface area is 113 Å². The maximum Gasteiger partial charge on any atom is 0.294 e. The predicted octanol–water partition coefficient (Wildman–Crippen LogP) is 3.61. The van der Waals surface area contributed by atoms with Gasteiger partial charge in [-0.3, -0.25) is 4.79 Å². The Morgan fingerprint density at radius 1 is 1.22 bits per heavy atom. The molecule has 0 unspecified atom stereocenters. The van der Waals surface area contributed by atoms with E-state index in [1.807, 2.05) is 26.0 Å². The molecule has 0 atom stereocenters. The zero-order valence-corrected chi connectivity index (χ0v) is 12.0. The Balaban J connectivity index is 2.27. The largest absolute Gasteiger partial charge is 0.351 e. The summed E-state index contributed by atoms with van der Waals surface area (Å²) in [5, 5.41) is 6.54. The van der Waals surface area contributed by atoms with E-state index >= 15 is 0 Å². The van der Waals surface area contributed by atoms with Crippen LogP contribution in [0.1, 0.15) is 27.4 Å². The predicted molar refractivity (Wildman–Crippen MR) is 72.8 cm³/mol. The van der Waals surface area contributed by atoms with Crippen molar-refractivity contribution in [2.24, 2.45) is 0 Å². The van der Waals surface area contributed by atoms with Crippen molar-refractivity contribution in [2.45, 2.75) is 20.8 Å². The fourth-order valence-corrected chi connectivity index (χ4v) is 2.44. The van der Waals surface area contributed by atoms with Crippen LogP contribution >= 0.6 is 15.9 Å². The minimum Gasteiger partial charge on any atom is -0.351 e. The topological polar surface area (TPSA) is 55.1 Å². The normalized spacial score (nSPS) is 10.4. The molecule has 2 aromatic rings. The molecule has 1 aromatic carbocycles. The average Bonchev–Trinajstić information content (AvgIpc) is 2.70. The van der Waals surface area contributed by atoms with E-state index in [0.29, 0.717) is 5.69 Å². The molecular weight excluding hydrogens is 296 g/mol. The van der Waals surface area contributed by atoms with Crippen LogP contribution in [-0.4, -0.2) is 11.1 Å². The van der Waals surface area contributed by atoms with Crippen LogP contribution in [0.5, 0.6) is 0 Å². The number of aromatic nitrogens is 1. The number of nitrogens with zero attached hydrogens (tertiary/aromatic N) is 1. The lowest BCUT2D eigenvalue weighted by atomic mass is 10.1. The Kier molecular flexibility index (Phi) is 3.52. The molecule has 1 N–H and O–H groups in total. The van der Waals surface area contributed by atoms with E-state index in [9.17, 15) is 4.79 Å². The summed E-state index contributed by atoms with van der Waals surface area (Å²) in [5.41, 5.74) is 3.47. The van der Waals surface area contributed by atoms with Crippen molar-refractivity contribution in [3.63, 3.8) is 0 Å². The second-order valence-corrected chi connectivity index (χ2v) is 5.12. The lowest BCUT2D eigenvalue weighted by Crippen LogP contribution is -2.13. The highest BCUT2D eigenvalue weighted by Crippen LogP contribution is 2.25. The summed E-state index contributed by atoms with van der Waals surface area (Å²) in [7, 11) is 0. The van der Waals surface area contributed by atoms with Gasteiger partial charge in [-0.05, 0) is 44.0 Å². The molecule has 0 aliphatic heterocycles. The van der Waals surface area contributed by atoms with Crippen molar-refractivity contribution in [1.29, 1.82) is 0 Å². The molecule has 0 radical (unpaired) electrons. The first-order chi connectivity index (χ1) is 8.47. The highest BCUT2D eigenvalue weighted by molar-refractivity contribution is 9.10. The molecule has 1 amide bonds. The summed E-state index contributed by atoms with van der Waals surface area (Å²) in [4.78, 5) is 12.0. The minimum atomic E-state index is -0.288. The zero-order chi connectivity index (χ0) is 13.3. The van der Waals surface area contributed by atoms with Gasteiger partial charge in [0.15, 0.2) is 0 Å². The van der Waals surface area contributed by atoms with E-state index in [4.69, 9.17) is 4.52 Å². The zero-order valence-electron chi connectivity index (χ0n) is 10.4. The van der Waals surface area contributed by atoms with Crippen LogP contribution in [0.2, 0.25) is 0 Å². The molecular formula is C13H13BrN2O2. The van der Waals surface area contributed by atoms with E-state index in [1.165, 1.54) is 0 Å². The highest BCUT2D eigenvalue weighted by atomic mass is 79.9. The van der Waals surface area contributed by atoms with Gasteiger partial charge in [0.1, 0.15) is 0 Å². The third kappa shape index (κ3) is 2.61. The van der Waals surface area contributed by atoms with Crippen LogP contribution in [0.4, 0.5) is 5.69 Å². The number of anilines is 1. The van der Waals surface area contributed by atoms with Gasteiger partial charge < -0.3 is 9.84 Å². The molecule has 18 heavy (non-hydrogen) atoms. The van der Waals surface area contributed by atoms with E-state index in [0.717, 1.165) is 21.3 Å². The van der Waals surface area contributed by atoms with Crippen molar-refractivity contribution in [1.82, 2.24) is 5.16 Å². The second kappa shape index (κ2) is 4.94. The molecule has 1 heterocycles. The van der Waals surface area contributed by atoms with Crippen LogP contribution in [-0.2, 0) is 0 Å². The Bertz CT molecular complexity index is 582. The molecule has 94 valence electrons. The van der Waals surface area contributed by atoms with Crippen LogP contribution < -0.4 is 5.32 Å². The summed E-state index contributed by atoms with van der Waals surface area (Å²) < 4.78 is 5.92. The minimum absolute atomic E-state index is 0.217. The Morgan fingerprint density at radius 3 is 2.33 bits per heavy atom. The number of amides is 1. The fourth-order valence-electron chi connectivity index (χ4n) is 1.75. The van der Waals surface area contributed by atoms with E-state index in [1.54, 1.807) is 13.0 Å². The standard InChI is InChI=1S/C13H13BrN2O2/c1-7-4-10(14)5-8(2)12(7)15-13(17)11-6-9(3)16-18-11/h4-6H,1-3H3,(H,15,17). The summed E-state index contributed by atoms with van der Waals surface area (Å²) in [5.74, 6) is -0.0710. The lowest BCUT2D eigenvalue weighted by molar-refractivity contribution is 0.0987. The van der Waals surface area contributed by atoms with Gasteiger partial charge >= 0.3 is 0 Å². The first-order valence-electron chi connectivity index (χ1n) is 5.49. The second-order valence-electron chi connectivity index (χ2n) is 4.20. The molecule has 0 bridgehead atoms. The summed E-state index contributed by atoms with van der Waals surface area (Å²) in [6.07, 6.45) is 0. The Hall–Kier alpha value is -1.62. The van der Waals surface area contributed by atoms with Crippen molar-refractivity contribution in [3.8, 4) is 0 Å². The third-order valence-corrected chi connectivity index (χ3v) is 3.05. The van der Waals surface area contributed by atoms with Gasteiger partial charge in [-0.25, -0.2) is 0 Å². The monoisotopic (exact) mass is 308 g/mol. The highest BCUT2D eigenvalue weighted by Gasteiger charge is 2.14. The first kappa shape index (κ1) is 12.8. The fraction of sp³-hybridized carbons (Fsp3) is 0.231. The summed E-state index contributed by atoms with van der Waals surface area (Å²) in [6, 6.07) is 5.52. The number of hydrogen-bond donors (Lipinski definition) is 1. The quantitative estimate of drug-likeness (QED) is 0.922. The number of halogens is 1. The molecule has 0 saturated heterocycles. The van der Waals surface area contributed by atoms with Gasteiger partial charge in [0.05, 0.1) is 5.69 Å². The van der Waals surface area contributed by atoms with E-state index < -0.39 is 0 Å². The van der Waals surface area contributed by atoms with Crippen LogP contribution in [0.15, 0.2) is 27.2 Å². The number of benzene rings is 1. The van der Waals surface area contributed by atoms with E-state index in [-0.39, 0.29) is 11.7 Å². The maximum absolute atomic E-state index is 12.0. The van der Waals surface area contributed by atoms with Crippen molar-refractivity contribution >= 4 is 27.5 Å². The molecule has 0 fully saturated rings. The SMILES string of the molecule is Cc1cc(C(=O)Nc2c(C)cc(Br)cc2C)on1. The molecule has 2 rings (SSSR count). The van der Waals surface area contributed by atoms with Crippen molar-refractivity contribution in [3.05, 3.63) is 45.3 Å². The lowest BCUT2D eigenvalue weighted by Gasteiger charge is -2.11. The number of aryl methyl sites for hydroxylation is 3. The average molecular weight is 309 g/mol. The van der Waals surface area contributed by atoms with Crippen LogP contribution in [0.25, 0.3) is 0 Å². The molecule has 5 heteroatoms. The van der Waals surface area contributed by atoms with E-state index in [2.05, 4.69) is 26.4 Å². The molecule has 4 nitrogen and oxygen atoms in total. The van der Waals surface area contributed by atoms with Crippen molar-refractivity contribution in [2.75, 3.05) is 5.32 Å². The molecule has 0 saturated carbocycles. The molecule has 1 aromatic heterocycles. The summed E-state index contributed by atoms with van der Waals surface area (Å²) >= 11 is 3.42. The number of carbonyl (C=O) groups excluding carboxylic acids is 1. The van der Waals surface area contributed by atoms with Gasteiger partial charge in [-0.1, -0.05) is 21.1 Å². The van der Waals surface area contributed by atoms with Gasteiger partial charge in [0.25, 0.3) is 5.91 Å². The third-order valence-electron chi connectivity index (χ3n) is 2.59. The smallest absolute Gasteiger partial charge is 0.294 e. The number of carbonyl (C=O) groups is 1. The molecule has 0 spiro atoms. The van der Waals surface area contributed by atoms with Crippen LogP contribution in [0, 0.1) is 20.8 Å². The van der Waals surface area contributed by atoms with Gasteiger partial charge in [0.2, 0.25) is 5.76 Å². The van der Waals surface area contributed by atoms with Gasteiger partial charge in [-0.2, -0.15) is 0 Å². The number of hydrogen-bond acceptors (Lipinski definition) is 3. The molecule has 0 aliphatic rings. The summed E-state index contributed by atoms with van der Waals surface area (Å²) in [6.45, 7) is 5.66. The maximum atomic E-state index is 12.0. The number of nitrogens with one attached hydrogen (secondary N) is 1. The van der Waals surface area contributed by atoms with Gasteiger partial charge in [-0.15, -0.1) is 0 Å². The first-order valence-corrected chi connectivity index (χ1v) is 6.28. The van der Waals surface area contributed by atoms with Crippen molar-refractivity contribution < 1.29 is 9.32 Å². The Morgan fingerprint density at radius 2 is 1.83 bits per heavy atom. The number of rotatable bonds is 2. The molecule has 0 aliphatic carbocycles. The van der Waals surface area contributed by atoms with Crippen LogP contribution in [0.3, 0.4) is 0 Å². The van der Waals surface area contributed by atoms with Gasteiger partial charge in [0, 0.05) is 16.2 Å².